The number of hydrogen-bond donors (Lipinski definition) is 1. The summed E-state index contributed by atoms with van der Waals surface area (Å²) in [7, 11) is -4.10. The smallest absolute Gasteiger partial charge is 0.410 e. The zero-order chi connectivity index (χ0) is 23.1. The van der Waals surface area contributed by atoms with E-state index in [4.69, 9.17) is 21.1 Å². The summed E-state index contributed by atoms with van der Waals surface area (Å²) in [4.78, 5) is 27.5. The van der Waals surface area contributed by atoms with Gasteiger partial charge >= 0.3 is 6.09 Å². The molecule has 1 saturated carbocycles. The zero-order valence-corrected chi connectivity index (χ0v) is 19.2. The van der Waals surface area contributed by atoms with Crippen LogP contribution < -0.4 is 0 Å². The van der Waals surface area contributed by atoms with Crippen LogP contribution in [0.2, 0.25) is 5.02 Å². The van der Waals surface area contributed by atoms with E-state index < -0.39 is 34.0 Å². The first-order chi connectivity index (χ1) is 15.1. The highest BCUT2D eigenvalue weighted by Gasteiger charge is 2.60. The van der Waals surface area contributed by atoms with Crippen molar-refractivity contribution < 1.29 is 32.6 Å². The highest BCUT2D eigenvalue weighted by Crippen LogP contribution is 2.47. The van der Waals surface area contributed by atoms with Gasteiger partial charge in [0.05, 0.1) is 24.2 Å². The van der Waals surface area contributed by atoms with Crippen molar-refractivity contribution in [1.29, 1.82) is 0 Å². The fraction of sp³-hybridized carbons (Fsp3) is 0.600. The van der Waals surface area contributed by atoms with Gasteiger partial charge in [-0.3, -0.25) is 4.79 Å². The van der Waals surface area contributed by atoms with Crippen molar-refractivity contribution in [3.63, 3.8) is 0 Å². The lowest BCUT2D eigenvalue weighted by Gasteiger charge is -2.42. The fourth-order valence-electron chi connectivity index (χ4n) is 4.15. The van der Waals surface area contributed by atoms with Crippen LogP contribution in [0.25, 0.3) is 0 Å². The first-order valence-corrected chi connectivity index (χ1v) is 12.2. The quantitative estimate of drug-likeness (QED) is 0.670. The molecule has 2 aliphatic heterocycles. The standard InChI is InChI=1S/C20H26ClN3O7S/c1-14(25)22-8-10-23(11-9-22)19(27)31-20(6-7-20)17-12-30-13-18(26)24(17)32(28,29)16-4-2-15(21)3-5-16/h2-5,17-18,26H,6-13H2,1H3/t17-,18-/m1/s1. The number of aliphatic hydroxyl groups is 1. The molecule has 0 radical (unpaired) electrons. The van der Waals surface area contributed by atoms with Gasteiger partial charge in [0.25, 0.3) is 0 Å². The van der Waals surface area contributed by atoms with E-state index in [2.05, 4.69) is 0 Å². The Morgan fingerprint density at radius 3 is 2.25 bits per heavy atom. The third kappa shape index (κ3) is 4.44. The Kier molecular flexibility index (Phi) is 6.38. The van der Waals surface area contributed by atoms with Crippen LogP contribution in [0, 0.1) is 0 Å². The molecule has 1 aromatic carbocycles. The highest BCUT2D eigenvalue weighted by atomic mass is 35.5. The molecule has 1 N–H and O–H groups in total. The van der Waals surface area contributed by atoms with E-state index in [1.807, 2.05) is 0 Å². The van der Waals surface area contributed by atoms with Crippen LogP contribution in [0.5, 0.6) is 0 Å². The maximum absolute atomic E-state index is 13.4. The highest BCUT2D eigenvalue weighted by molar-refractivity contribution is 7.89. The molecule has 12 heteroatoms. The largest absolute Gasteiger partial charge is 0.441 e. The SMILES string of the molecule is CC(=O)N1CCN(C(=O)OC2([C@H]3COC[C@@H](O)N3S(=O)(=O)c3ccc(Cl)cc3)CC2)CC1. The lowest BCUT2D eigenvalue weighted by Crippen LogP contribution is -2.61. The third-order valence-electron chi connectivity index (χ3n) is 6.16. The molecule has 3 aliphatic rings. The van der Waals surface area contributed by atoms with Crippen LogP contribution in [0.4, 0.5) is 4.79 Å². The maximum atomic E-state index is 13.4. The number of morpholine rings is 1. The average Bonchev–Trinajstić information content (AvgIpc) is 3.54. The molecule has 2 amide bonds. The third-order valence-corrected chi connectivity index (χ3v) is 8.33. The molecule has 1 aromatic rings. The van der Waals surface area contributed by atoms with Gasteiger partial charge in [0.15, 0.2) is 0 Å². The first-order valence-electron chi connectivity index (χ1n) is 10.4. The molecule has 10 nitrogen and oxygen atoms in total. The Hall–Kier alpha value is -1.92. The number of nitrogens with zero attached hydrogens (tertiary/aromatic N) is 3. The average molecular weight is 488 g/mol. The van der Waals surface area contributed by atoms with Gasteiger partial charge in [-0.15, -0.1) is 0 Å². The number of aliphatic hydroxyl groups excluding tert-OH is 1. The Labute approximate surface area is 191 Å². The number of amides is 2. The van der Waals surface area contributed by atoms with E-state index in [9.17, 15) is 23.1 Å². The molecule has 3 fully saturated rings. The summed E-state index contributed by atoms with van der Waals surface area (Å²) in [5.41, 5.74) is -1.07. The minimum absolute atomic E-state index is 0.00469. The first kappa shape index (κ1) is 23.2. The molecule has 2 saturated heterocycles. The summed E-state index contributed by atoms with van der Waals surface area (Å²) >= 11 is 5.88. The molecule has 176 valence electrons. The lowest BCUT2D eigenvalue weighted by molar-refractivity contribution is -0.133. The van der Waals surface area contributed by atoms with E-state index in [0.717, 1.165) is 4.31 Å². The number of rotatable bonds is 4. The van der Waals surface area contributed by atoms with Crippen LogP contribution in [0.15, 0.2) is 29.2 Å². The number of hydrogen-bond acceptors (Lipinski definition) is 7. The number of halogens is 1. The predicted molar refractivity (Wildman–Crippen MR) is 113 cm³/mol. The molecular weight excluding hydrogens is 462 g/mol. The van der Waals surface area contributed by atoms with Gasteiger partial charge in [-0.1, -0.05) is 11.6 Å². The van der Waals surface area contributed by atoms with Crippen LogP contribution in [-0.4, -0.2) is 96.9 Å². The molecule has 2 atom stereocenters. The second-order valence-electron chi connectivity index (χ2n) is 8.25. The van der Waals surface area contributed by atoms with Gasteiger partial charge in [-0.2, -0.15) is 4.31 Å². The molecule has 4 rings (SSSR count). The van der Waals surface area contributed by atoms with Gasteiger partial charge in [-0.05, 0) is 37.1 Å². The van der Waals surface area contributed by atoms with E-state index in [1.165, 1.54) is 36.1 Å². The van der Waals surface area contributed by atoms with Gasteiger partial charge in [0, 0.05) is 38.1 Å². The minimum Gasteiger partial charge on any atom is -0.441 e. The van der Waals surface area contributed by atoms with Crippen LogP contribution in [0.3, 0.4) is 0 Å². The van der Waals surface area contributed by atoms with Gasteiger partial charge in [0.1, 0.15) is 11.8 Å². The van der Waals surface area contributed by atoms with Crippen LogP contribution in [-0.2, 0) is 24.3 Å². The minimum atomic E-state index is -4.10. The predicted octanol–water partition coefficient (Wildman–Crippen LogP) is 0.881. The molecule has 0 unspecified atom stereocenters. The van der Waals surface area contributed by atoms with Crippen molar-refractivity contribution in [1.82, 2.24) is 14.1 Å². The van der Waals surface area contributed by atoms with Crippen molar-refractivity contribution in [2.24, 2.45) is 0 Å². The number of carbonyl (C=O) groups excluding carboxylic acids is 2. The van der Waals surface area contributed by atoms with Gasteiger partial charge in [-0.25, -0.2) is 13.2 Å². The summed E-state index contributed by atoms with van der Waals surface area (Å²) in [6, 6.07) is 4.80. The maximum Gasteiger partial charge on any atom is 0.410 e. The molecule has 0 bridgehead atoms. The van der Waals surface area contributed by atoms with Crippen molar-refractivity contribution >= 4 is 33.6 Å². The van der Waals surface area contributed by atoms with E-state index in [1.54, 1.807) is 4.90 Å². The molecule has 32 heavy (non-hydrogen) atoms. The summed E-state index contributed by atoms with van der Waals surface area (Å²) in [5.74, 6) is -0.0481. The summed E-state index contributed by atoms with van der Waals surface area (Å²) in [6.45, 7) is 2.81. The lowest BCUT2D eigenvalue weighted by atomic mass is 10.1. The monoisotopic (exact) mass is 487 g/mol. The second kappa shape index (κ2) is 8.79. The van der Waals surface area contributed by atoms with Crippen LogP contribution >= 0.6 is 11.6 Å². The molecule has 0 aromatic heterocycles. The summed E-state index contributed by atoms with van der Waals surface area (Å²) in [6.07, 6.45) is -1.06. The van der Waals surface area contributed by atoms with Gasteiger partial charge in [0.2, 0.25) is 15.9 Å². The molecule has 2 heterocycles. The summed E-state index contributed by atoms with van der Waals surface area (Å²) in [5, 5.41) is 10.9. The van der Waals surface area contributed by atoms with E-state index in [0.29, 0.717) is 44.0 Å². The Bertz CT molecular complexity index is 975. The van der Waals surface area contributed by atoms with Crippen molar-refractivity contribution in [2.45, 2.75) is 42.5 Å². The number of piperazine rings is 1. The van der Waals surface area contributed by atoms with Gasteiger partial charge < -0.3 is 24.4 Å². The number of benzene rings is 1. The molecular formula is C20H26ClN3O7S. The second-order valence-corrected chi connectivity index (χ2v) is 10.5. The van der Waals surface area contributed by atoms with Crippen molar-refractivity contribution in [3.8, 4) is 0 Å². The molecule has 1 aliphatic carbocycles. The summed E-state index contributed by atoms with van der Waals surface area (Å²) < 4.78 is 39.0. The number of ether oxygens (including phenoxy) is 2. The van der Waals surface area contributed by atoms with E-state index in [-0.39, 0.29) is 24.0 Å². The number of sulfonamides is 1. The van der Waals surface area contributed by atoms with E-state index >= 15 is 0 Å². The Balaban J connectivity index is 1.52. The Morgan fingerprint density at radius 2 is 1.69 bits per heavy atom. The normalized spacial score (nSPS) is 26.0. The zero-order valence-electron chi connectivity index (χ0n) is 17.6. The van der Waals surface area contributed by atoms with Crippen molar-refractivity contribution in [3.05, 3.63) is 29.3 Å². The van der Waals surface area contributed by atoms with Crippen molar-refractivity contribution in [2.75, 3.05) is 39.4 Å². The van der Waals surface area contributed by atoms with Crippen LogP contribution in [0.1, 0.15) is 19.8 Å². The molecule has 0 spiro atoms. The topological polar surface area (TPSA) is 117 Å². The number of carbonyl (C=O) groups is 2. The Morgan fingerprint density at radius 1 is 1.09 bits per heavy atom. The fourth-order valence-corrected chi connectivity index (χ4v) is 5.97.